The number of hydrogen-bond donors (Lipinski definition) is 2. The molecule has 120 valence electrons. The molecule has 0 radical (unpaired) electrons. The highest BCUT2D eigenvalue weighted by atomic mass is 32.1. The first-order chi connectivity index (χ1) is 11.1. The molecule has 0 fully saturated rings. The molecule has 1 unspecified atom stereocenters. The molecule has 1 aromatic carbocycles. The summed E-state index contributed by atoms with van der Waals surface area (Å²) in [6.45, 7) is 7.06. The molecular formula is C18H22N4S. The molecule has 0 aliphatic carbocycles. The molecule has 4 nitrogen and oxygen atoms in total. The normalized spacial score (nSPS) is 12.5. The smallest absolute Gasteiger partial charge is 0.0975 e. The maximum absolute atomic E-state index is 4.74. The van der Waals surface area contributed by atoms with Gasteiger partial charge in [-0.3, -0.25) is 5.10 Å². The van der Waals surface area contributed by atoms with Crippen LogP contribution in [0.2, 0.25) is 0 Å². The van der Waals surface area contributed by atoms with Crippen molar-refractivity contribution in [1.29, 1.82) is 0 Å². The van der Waals surface area contributed by atoms with E-state index in [1.807, 2.05) is 13.0 Å². The summed E-state index contributed by atoms with van der Waals surface area (Å²) in [6.07, 6.45) is 0.900. The number of aromatic amines is 1. The molecule has 3 rings (SSSR count). The van der Waals surface area contributed by atoms with Crippen molar-refractivity contribution in [3.05, 3.63) is 68.9 Å². The number of hydrogen-bond acceptors (Lipinski definition) is 4. The molecule has 0 aliphatic heterocycles. The lowest BCUT2D eigenvalue weighted by Crippen LogP contribution is -2.18. The Hall–Kier alpha value is -1.98. The Morgan fingerprint density at radius 2 is 2.00 bits per heavy atom. The number of aryl methyl sites for hydroxylation is 2. The van der Waals surface area contributed by atoms with Crippen LogP contribution in [-0.2, 0) is 13.0 Å². The van der Waals surface area contributed by atoms with Gasteiger partial charge < -0.3 is 5.32 Å². The quantitative estimate of drug-likeness (QED) is 0.722. The van der Waals surface area contributed by atoms with E-state index in [1.54, 1.807) is 11.3 Å². The van der Waals surface area contributed by atoms with Crippen LogP contribution in [-0.4, -0.2) is 15.2 Å². The van der Waals surface area contributed by atoms with Gasteiger partial charge in [0, 0.05) is 29.6 Å². The van der Waals surface area contributed by atoms with E-state index >= 15 is 0 Å². The summed E-state index contributed by atoms with van der Waals surface area (Å²) in [5.41, 5.74) is 4.56. The Bertz CT molecular complexity index is 760. The Kier molecular flexibility index (Phi) is 4.88. The molecule has 2 aromatic heterocycles. The van der Waals surface area contributed by atoms with E-state index in [-0.39, 0.29) is 6.04 Å². The largest absolute Gasteiger partial charge is 0.304 e. The molecule has 5 heteroatoms. The number of thiazole rings is 1. The average molecular weight is 326 g/mol. The third kappa shape index (κ3) is 4.06. The summed E-state index contributed by atoms with van der Waals surface area (Å²) in [5, 5.41) is 11.9. The second kappa shape index (κ2) is 7.06. The van der Waals surface area contributed by atoms with Gasteiger partial charge in [-0.15, -0.1) is 11.3 Å². The standard InChI is InChI=1S/C18H22N4S/c1-12-9-16(22-21-12)11-19-13(2)18-14(3)20-17(23-18)10-15-7-5-4-6-8-15/h4-9,13,19H,10-11H2,1-3H3,(H,21,22). The van der Waals surface area contributed by atoms with Crippen molar-refractivity contribution in [1.82, 2.24) is 20.5 Å². The first-order valence-electron chi connectivity index (χ1n) is 7.86. The molecule has 3 aromatic rings. The zero-order valence-corrected chi connectivity index (χ0v) is 14.6. The Labute approximate surface area is 141 Å². The molecule has 0 spiro atoms. The van der Waals surface area contributed by atoms with Crippen molar-refractivity contribution in [3.63, 3.8) is 0 Å². The molecule has 0 amide bonds. The van der Waals surface area contributed by atoms with Gasteiger partial charge in [-0.25, -0.2) is 4.98 Å². The van der Waals surface area contributed by atoms with Crippen LogP contribution in [0, 0.1) is 13.8 Å². The molecule has 0 saturated carbocycles. The second-order valence-electron chi connectivity index (χ2n) is 5.86. The lowest BCUT2D eigenvalue weighted by atomic mass is 10.2. The Morgan fingerprint density at radius 3 is 2.70 bits per heavy atom. The van der Waals surface area contributed by atoms with Gasteiger partial charge in [0.05, 0.1) is 16.4 Å². The minimum atomic E-state index is 0.272. The van der Waals surface area contributed by atoms with Gasteiger partial charge in [0.1, 0.15) is 0 Å². The van der Waals surface area contributed by atoms with Gasteiger partial charge in [-0.1, -0.05) is 30.3 Å². The third-order valence-corrected chi connectivity index (χ3v) is 5.16. The van der Waals surface area contributed by atoms with Gasteiger partial charge in [0.2, 0.25) is 0 Å². The van der Waals surface area contributed by atoms with Crippen LogP contribution >= 0.6 is 11.3 Å². The van der Waals surface area contributed by atoms with Gasteiger partial charge in [-0.05, 0) is 32.4 Å². The minimum absolute atomic E-state index is 0.272. The molecule has 2 N–H and O–H groups in total. The zero-order chi connectivity index (χ0) is 16.2. The van der Waals surface area contributed by atoms with Gasteiger partial charge in [0.15, 0.2) is 0 Å². The van der Waals surface area contributed by atoms with Crippen molar-refractivity contribution >= 4 is 11.3 Å². The first-order valence-corrected chi connectivity index (χ1v) is 8.68. The molecule has 0 saturated heterocycles. The average Bonchev–Trinajstić information content (AvgIpc) is 3.12. The molecule has 1 atom stereocenters. The predicted octanol–water partition coefficient (Wildman–Crippen LogP) is 3.92. The lowest BCUT2D eigenvalue weighted by molar-refractivity contribution is 0.571. The number of nitrogens with one attached hydrogen (secondary N) is 2. The van der Waals surface area contributed by atoms with Crippen LogP contribution in [0.3, 0.4) is 0 Å². The van der Waals surface area contributed by atoms with E-state index in [2.05, 4.69) is 59.7 Å². The summed E-state index contributed by atoms with van der Waals surface area (Å²) in [6, 6.07) is 12.8. The van der Waals surface area contributed by atoms with Crippen molar-refractivity contribution < 1.29 is 0 Å². The van der Waals surface area contributed by atoms with Crippen LogP contribution in [0.1, 0.15) is 45.5 Å². The van der Waals surface area contributed by atoms with Crippen LogP contribution in [0.4, 0.5) is 0 Å². The molecule has 0 aliphatic rings. The summed E-state index contributed by atoms with van der Waals surface area (Å²) in [7, 11) is 0. The van der Waals surface area contributed by atoms with Gasteiger partial charge >= 0.3 is 0 Å². The van der Waals surface area contributed by atoms with Crippen LogP contribution in [0.25, 0.3) is 0 Å². The van der Waals surface area contributed by atoms with E-state index in [0.717, 1.165) is 30.0 Å². The molecule has 2 heterocycles. The summed E-state index contributed by atoms with van der Waals surface area (Å²) in [4.78, 5) is 6.05. The topological polar surface area (TPSA) is 53.6 Å². The van der Waals surface area contributed by atoms with Crippen molar-refractivity contribution in [2.24, 2.45) is 0 Å². The van der Waals surface area contributed by atoms with Crippen molar-refractivity contribution in [2.45, 2.75) is 39.8 Å². The second-order valence-corrected chi connectivity index (χ2v) is 6.98. The fourth-order valence-electron chi connectivity index (χ4n) is 2.63. The van der Waals surface area contributed by atoms with E-state index in [4.69, 9.17) is 4.98 Å². The van der Waals surface area contributed by atoms with Crippen LogP contribution in [0.5, 0.6) is 0 Å². The maximum atomic E-state index is 4.74. The van der Waals surface area contributed by atoms with E-state index < -0.39 is 0 Å². The summed E-state index contributed by atoms with van der Waals surface area (Å²) >= 11 is 1.80. The highest BCUT2D eigenvalue weighted by molar-refractivity contribution is 7.11. The van der Waals surface area contributed by atoms with Crippen LogP contribution < -0.4 is 5.32 Å². The fraction of sp³-hybridized carbons (Fsp3) is 0.333. The van der Waals surface area contributed by atoms with E-state index in [0.29, 0.717) is 0 Å². The Morgan fingerprint density at radius 1 is 1.22 bits per heavy atom. The number of H-pyrrole nitrogens is 1. The SMILES string of the molecule is Cc1cc(CNC(C)c2sc(Cc3ccccc3)nc2C)n[nH]1. The van der Waals surface area contributed by atoms with E-state index in [1.165, 1.54) is 15.4 Å². The molecular weight excluding hydrogens is 304 g/mol. The predicted molar refractivity (Wildman–Crippen MR) is 94.7 cm³/mol. The zero-order valence-electron chi connectivity index (χ0n) is 13.8. The molecule has 23 heavy (non-hydrogen) atoms. The van der Waals surface area contributed by atoms with Crippen molar-refractivity contribution in [3.8, 4) is 0 Å². The highest BCUT2D eigenvalue weighted by Crippen LogP contribution is 2.26. The van der Waals surface area contributed by atoms with E-state index in [9.17, 15) is 0 Å². The Balaban J connectivity index is 1.65. The monoisotopic (exact) mass is 326 g/mol. The maximum Gasteiger partial charge on any atom is 0.0975 e. The lowest BCUT2D eigenvalue weighted by Gasteiger charge is -2.11. The first kappa shape index (κ1) is 15.9. The molecule has 0 bridgehead atoms. The van der Waals surface area contributed by atoms with Crippen LogP contribution in [0.15, 0.2) is 36.4 Å². The highest BCUT2D eigenvalue weighted by Gasteiger charge is 2.14. The van der Waals surface area contributed by atoms with Gasteiger partial charge in [-0.2, -0.15) is 5.10 Å². The number of nitrogens with zero attached hydrogens (tertiary/aromatic N) is 2. The number of rotatable bonds is 6. The number of benzene rings is 1. The fourth-order valence-corrected chi connectivity index (χ4v) is 3.76. The van der Waals surface area contributed by atoms with Gasteiger partial charge in [0.25, 0.3) is 0 Å². The number of aromatic nitrogens is 3. The summed E-state index contributed by atoms with van der Waals surface area (Å²) < 4.78 is 0. The summed E-state index contributed by atoms with van der Waals surface area (Å²) in [5.74, 6) is 0. The third-order valence-electron chi connectivity index (χ3n) is 3.82. The minimum Gasteiger partial charge on any atom is -0.304 e. The van der Waals surface area contributed by atoms with Crippen molar-refractivity contribution in [2.75, 3.05) is 0 Å².